The molecule has 0 aliphatic rings. The zero-order valence-corrected chi connectivity index (χ0v) is 15.0. The fourth-order valence-electron chi connectivity index (χ4n) is 2.71. The first-order chi connectivity index (χ1) is 12.5. The van der Waals surface area contributed by atoms with E-state index in [-0.39, 0.29) is 0 Å². The minimum Gasteiger partial charge on any atom is -0.363 e. The van der Waals surface area contributed by atoms with Gasteiger partial charge in [0.15, 0.2) is 17.3 Å². The number of nitrogens with zero attached hydrogens (tertiary/aromatic N) is 8. The number of imidazole rings is 1. The molecule has 0 spiro atoms. The van der Waals surface area contributed by atoms with Gasteiger partial charge in [-0.25, -0.2) is 19.5 Å². The van der Waals surface area contributed by atoms with Gasteiger partial charge in [0.2, 0.25) is 0 Å². The van der Waals surface area contributed by atoms with Gasteiger partial charge in [0.05, 0.1) is 5.69 Å². The topological polar surface area (TPSA) is 89.1 Å². The van der Waals surface area contributed by atoms with Crippen LogP contribution in [0, 0.1) is 6.92 Å². The number of hydrogen-bond acceptors (Lipinski definition) is 7. The summed E-state index contributed by atoms with van der Waals surface area (Å²) < 4.78 is 3.50. The maximum absolute atomic E-state index is 4.66. The highest BCUT2D eigenvalue weighted by Crippen LogP contribution is 2.30. The third-order valence-electron chi connectivity index (χ3n) is 3.88. The molecule has 1 N–H and O–H groups in total. The van der Waals surface area contributed by atoms with Gasteiger partial charge in [-0.3, -0.25) is 4.68 Å². The van der Waals surface area contributed by atoms with Crippen molar-refractivity contribution in [1.82, 2.24) is 34.3 Å². The van der Waals surface area contributed by atoms with Crippen LogP contribution in [0.4, 0.5) is 17.5 Å². The lowest BCUT2D eigenvalue weighted by atomic mass is 10.2. The maximum Gasteiger partial charge on any atom is 0.162 e. The third-order valence-corrected chi connectivity index (χ3v) is 3.88. The van der Waals surface area contributed by atoms with E-state index in [1.165, 1.54) is 0 Å². The van der Waals surface area contributed by atoms with E-state index in [0.29, 0.717) is 17.5 Å². The average Bonchev–Trinajstić information content (AvgIpc) is 3.17. The van der Waals surface area contributed by atoms with E-state index in [1.54, 1.807) is 15.4 Å². The summed E-state index contributed by atoms with van der Waals surface area (Å²) in [6.45, 7) is 1.87. The number of anilines is 3. The molecule has 0 amide bonds. The summed E-state index contributed by atoms with van der Waals surface area (Å²) in [6.07, 6.45) is 3.60. The number of hydrogen-bond donors (Lipinski definition) is 1. The van der Waals surface area contributed by atoms with Crippen LogP contribution in [-0.4, -0.2) is 48.4 Å². The Hall–Kier alpha value is -3.49. The highest BCUT2D eigenvalue weighted by atomic mass is 15.3. The van der Waals surface area contributed by atoms with Crippen LogP contribution in [0.5, 0.6) is 0 Å². The summed E-state index contributed by atoms with van der Waals surface area (Å²) in [4.78, 5) is 15.7. The molecule has 0 saturated carbocycles. The maximum atomic E-state index is 4.66. The second-order valence-electron chi connectivity index (χ2n) is 6.16. The summed E-state index contributed by atoms with van der Waals surface area (Å²) in [6, 6.07) is 7.57. The fourth-order valence-corrected chi connectivity index (χ4v) is 2.71. The smallest absolute Gasteiger partial charge is 0.162 e. The Bertz CT molecular complexity index is 1080. The van der Waals surface area contributed by atoms with Crippen LogP contribution in [0.2, 0.25) is 0 Å². The molecule has 0 aliphatic carbocycles. The Labute approximate surface area is 150 Å². The molecule has 4 heterocycles. The van der Waals surface area contributed by atoms with Gasteiger partial charge in [-0.1, -0.05) is 0 Å². The molecule has 9 heteroatoms. The van der Waals surface area contributed by atoms with Crippen molar-refractivity contribution in [3.05, 3.63) is 42.5 Å². The molecule has 0 saturated heterocycles. The molecule has 4 aromatic rings. The monoisotopic (exact) mass is 349 g/mol. The average molecular weight is 349 g/mol. The number of aryl methyl sites for hydroxylation is 2. The second kappa shape index (κ2) is 6.10. The van der Waals surface area contributed by atoms with E-state index in [1.807, 2.05) is 63.4 Å². The standard InChI is InChI=1S/C17H19N9/c1-11-19-12(10-15(20-11)24(2)3)16-17(21-13-7-9-25(4)23-13)22-14-6-5-8-18-26(14)16/h5-10H,1-4H3,(H,21,23). The first kappa shape index (κ1) is 16.0. The molecule has 0 unspecified atom stereocenters. The Balaban J connectivity index is 1.91. The number of fused-ring (bicyclic) bond motifs is 1. The first-order valence-corrected chi connectivity index (χ1v) is 8.15. The molecule has 0 aliphatic heterocycles. The van der Waals surface area contributed by atoms with Gasteiger partial charge in [0, 0.05) is 45.7 Å². The van der Waals surface area contributed by atoms with Crippen LogP contribution in [0.3, 0.4) is 0 Å². The lowest BCUT2D eigenvalue weighted by Gasteiger charge is -2.13. The fraction of sp³-hybridized carbons (Fsp3) is 0.235. The minimum atomic E-state index is 0.644. The van der Waals surface area contributed by atoms with E-state index in [4.69, 9.17) is 0 Å². The highest BCUT2D eigenvalue weighted by molar-refractivity contribution is 5.77. The van der Waals surface area contributed by atoms with Crippen molar-refractivity contribution in [1.29, 1.82) is 0 Å². The van der Waals surface area contributed by atoms with Crippen molar-refractivity contribution < 1.29 is 0 Å². The predicted molar refractivity (Wildman–Crippen MR) is 99.6 cm³/mol. The summed E-state index contributed by atoms with van der Waals surface area (Å²) in [7, 11) is 5.77. The lowest BCUT2D eigenvalue weighted by Crippen LogP contribution is -2.12. The van der Waals surface area contributed by atoms with Gasteiger partial charge in [0.25, 0.3) is 0 Å². The Kier molecular flexibility index (Phi) is 3.76. The zero-order valence-electron chi connectivity index (χ0n) is 15.0. The van der Waals surface area contributed by atoms with Crippen LogP contribution in [0.15, 0.2) is 36.7 Å². The van der Waals surface area contributed by atoms with Crippen LogP contribution in [0.1, 0.15) is 5.82 Å². The Morgan fingerprint density at radius 3 is 2.69 bits per heavy atom. The Morgan fingerprint density at radius 2 is 1.96 bits per heavy atom. The number of aromatic nitrogens is 7. The lowest BCUT2D eigenvalue weighted by molar-refractivity contribution is 0.771. The summed E-state index contributed by atoms with van der Waals surface area (Å²) >= 11 is 0. The SMILES string of the molecule is Cc1nc(-c2c(Nc3ccn(C)n3)nc3cccnn23)cc(N(C)C)n1. The molecule has 132 valence electrons. The molecule has 0 aromatic carbocycles. The van der Waals surface area contributed by atoms with Crippen molar-refractivity contribution >= 4 is 23.1 Å². The molecule has 0 radical (unpaired) electrons. The van der Waals surface area contributed by atoms with Crippen molar-refractivity contribution in [2.75, 3.05) is 24.3 Å². The quantitative estimate of drug-likeness (QED) is 0.603. The molecular weight excluding hydrogens is 330 g/mol. The molecule has 0 bridgehead atoms. The van der Waals surface area contributed by atoms with Crippen molar-refractivity contribution in [2.24, 2.45) is 7.05 Å². The van der Waals surface area contributed by atoms with Crippen LogP contribution in [-0.2, 0) is 7.05 Å². The normalized spacial score (nSPS) is 11.1. The van der Waals surface area contributed by atoms with Gasteiger partial charge in [0.1, 0.15) is 17.3 Å². The molecule has 26 heavy (non-hydrogen) atoms. The molecular formula is C17H19N9. The predicted octanol–water partition coefficient (Wildman–Crippen LogP) is 2.04. The van der Waals surface area contributed by atoms with Gasteiger partial charge >= 0.3 is 0 Å². The molecule has 9 nitrogen and oxygen atoms in total. The molecule has 0 fully saturated rings. The summed E-state index contributed by atoms with van der Waals surface area (Å²) in [5.74, 6) is 2.85. The number of rotatable bonds is 4. The van der Waals surface area contributed by atoms with Gasteiger partial charge in [-0.2, -0.15) is 10.2 Å². The van der Waals surface area contributed by atoms with Gasteiger partial charge in [-0.15, -0.1) is 0 Å². The second-order valence-corrected chi connectivity index (χ2v) is 6.16. The highest BCUT2D eigenvalue weighted by Gasteiger charge is 2.19. The van der Waals surface area contributed by atoms with Crippen molar-refractivity contribution in [3.8, 4) is 11.4 Å². The van der Waals surface area contributed by atoms with E-state index in [9.17, 15) is 0 Å². The Morgan fingerprint density at radius 1 is 1.12 bits per heavy atom. The van der Waals surface area contributed by atoms with Gasteiger partial charge < -0.3 is 10.2 Å². The minimum absolute atomic E-state index is 0.644. The summed E-state index contributed by atoms with van der Waals surface area (Å²) in [5.41, 5.74) is 2.23. The van der Waals surface area contributed by atoms with E-state index in [0.717, 1.165) is 22.9 Å². The van der Waals surface area contributed by atoms with E-state index in [2.05, 4.69) is 30.5 Å². The van der Waals surface area contributed by atoms with Gasteiger partial charge in [-0.05, 0) is 19.1 Å². The zero-order chi connectivity index (χ0) is 18.3. The molecule has 4 rings (SSSR count). The van der Waals surface area contributed by atoms with Crippen molar-refractivity contribution in [2.45, 2.75) is 6.92 Å². The first-order valence-electron chi connectivity index (χ1n) is 8.15. The van der Waals surface area contributed by atoms with Crippen LogP contribution < -0.4 is 10.2 Å². The molecule has 4 aromatic heterocycles. The third kappa shape index (κ3) is 2.83. The van der Waals surface area contributed by atoms with Crippen molar-refractivity contribution in [3.63, 3.8) is 0 Å². The van der Waals surface area contributed by atoms with Crippen LogP contribution >= 0.6 is 0 Å². The van der Waals surface area contributed by atoms with Crippen LogP contribution in [0.25, 0.3) is 17.0 Å². The van der Waals surface area contributed by atoms with E-state index >= 15 is 0 Å². The summed E-state index contributed by atoms with van der Waals surface area (Å²) in [5, 5.41) is 12.1. The molecule has 0 atom stereocenters. The number of nitrogens with one attached hydrogen (secondary N) is 1. The largest absolute Gasteiger partial charge is 0.363 e. The van der Waals surface area contributed by atoms with E-state index < -0.39 is 0 Å².